The minimum absolute atomic E-state index is 0.0412. The summed E-state index contributed by atoms with van der Waals surface area (Å²) >= 11 is 0. The molecule has 2 unspecified atom stereocenters. The van der Waals surface area contributed by atoms with Gasteiger partial charge in [-0.05, 0) is 12.8 Å². The molecule has 0 heterocycles. The standard InChI is InChI=1S/C25H47NO7/c1-6-8-9-10-11-12-13-14-16-24(28)33-21(20-32-23(27)15-7-2)19-31-18-17-22(25(29)30)26(3,4)5/h21-22H,6-20H2,1-5H3. The van der Waals surface area contributed by atoms with Crippen LogP contribution in [0, 0.1) is 0 Å². The molecule has 2 atom stereocenters. The largest absolute Gasteiger partial charge is 0.544 e. The van der Waals surface area contributed by atoms with E-state index in [0.29, 0.717) is 19.3 Å². The Morgan fingerprint density at radius 3 is 1.94 bits per heavy atom. The van der Waals surface area contributed by atoms with E-state index in [2.05, 4.69) is 6.92 Å². The van der Waals surface area contributed by atoms with Gasteiger partial charge in [-0.2, -0.15) is 0 Å². The van der Waals surface area contributed by atoms with Gasteiger partial charge in [-0.3, -0.25) is 9.59 Å². The number of hydrogen-bond acceptors (Lipinski definition) is 7. The van der Waals surface area contributed by atoms with Gasteiger partial charge in [0.15, 0.2) is 6.10 Å². The first-order valence-corrected chi connectivity index (χ1v) is 12.6. The van der Waals surface area contributed by atoms with Crippen LogP contribution in [0.2, 0.25) is 0 Å². The number of carboxylic acids is 1. The number of aliphatic carboxylic acids is 1. The van der Waals surface area contributed by atoms with E-state index in [9.17, 15) is 19.5 Å². The molecule has 0 radical (unpaired) electrons. The highest BCUT2D eigenvalue weighted by Gasteiger charge is 2.25. The van der Waals surface area contributed by atoms with Gasteiger partial charge in [-0.25, -0.2) is 0 Å². The van der Waals surface area contributed by atoms with Crippen molar-refractivity contribution in [3.05, 3.63) is 0 Å². The van der Waals surface area contributed by atoms with Crippen LogP contribution in [0.25, 0.3) is 0 Å². The molecule has 0 aromatic rings. The number of carboxylic acid groups (broad SMARTS) is 1. The molecule has 0 aliphatic rings. The van der Waals surface area contributed by atoms with Gasteiger partial charge >= 0.3 is 11.9 Å². The number of quaternary nitrogens is 1. The predicted octanol–water partition coefficient (Wildman–Crippen LogP) is 3.00. The molecule has 8 nitrogen and oxygen atoms in total. The number of carbonyl (C=O) groups excluding carboxylic acids is 3. The maximum Gasteiger partial charge on any atom is 0.306 e. The molecule has 0 saturated heterocycles. The average Bonchev–Trinajstić information content (AvgIpc) is 2.72. The molecule has 0 rings (SSSR count). The second-order valence-corrected chi connectivity index (χ2v) is 9.58. The summed E-state index contributed by atoms with van der Waals surface area (Å²) in [6.45, 7) is 4.22. The number of hydrogen-bond donors (Lipinski definition) is 0. The van der Waals surface area contributed by atoms with E-state index < -0.39 is 18.1 Å². The molecule has 0 aliphatic carbocycles. The second-order valence-electron chi connectivity index (χ2n) is 9.58. The van der Waals surface area contributed by atoms with Crippen molar-refractivity contribution in [3.8, 4) is 0 Å². The maximum absolute atomic E-state index is 12.3. The van der Waals surface area contributed by atoms with Crippen molar-refractivity contribution in [2.75, 3.05) is 41.0 Å². The number of nitrogens with zero attached hydrogens (tertiary/aromatic N) is 1. The zero-order chi connectivity index (χ0) is 25.1. The minimum Gasteiger partial charge on any atom is -0.544 e. The third-order valence-corrected chi connectivity index (χ3v) is 5.46. The van der Waals surface area contributed by atoms with Crippen LogP contribution in [0.1, 0.15) is 90.9 Å². The van der Waals surface area contributed by atoms with Crippen LogP contribution in [-0.2, 0) is 28.6 Å². The topological polar surface area (TPSA) is 102 Å². The van der Waals surface area contributed by atoms with Crippen LogP contribution in [0.15, 0.2) is 0 Å². The minimum atomic E-state index is -1.13. The number of likely N-dealkylation sites (N-methyl/N-ethyl adjacent to an activating group) is 1. The Morgan fingerprint density at radius 1 is 0.788 bits per heavy atom. The Morgan fingerprint density at radius 2 is 1.39 bits per heavy atom. The molecule has 8 heteroatoms. The lowest BCUT2D eigenvalue weighted by atomic mass is 10.1. The van der Waals surface area contributed by atoms with Gasteiger partial charge in [-0.15, -0.1) is 0 Å². The zero-order valence-corrected chi connectivity index (χ0v) is 21.6. The Kier molecular flexibility index (Phi) is 17.8. The van der Waals surface area contributed by atoms with Crippen LogP contribution in [0.5, 0.6) is 0 Å². The smallest absolute Gasteiger partial charge is 0.306 e. The van der Waals surface area contributed by atoms with Crippen molar-refractivity contribution in [2.45, 2.75) is 103 Å². The SMILES string of the molecule is CCCCCCCCCCC(=O)OC(COCCC(C(=O)[O-])[N+](C)(C)C)COC(=O)CCC. The molecular weight excluding hydrogens is 426 g/mol. The van der Waals surface area contributed by atoms with E-state index in [1.807, 2.05) is 6.92 Å². The molecule has 0 aromatic heterocycles. The third kappa shape index (κ3) is 17.5. The van der Waals surface area contributed by atoms with Gasteiger partial charge < -0.3 is 28.6 Å². The summed E-state index contributed by atoms with van der Waals surface area (Å²) in [5.41, 5.74) is 0. The fourth-order valence-corrected chi connectivity index (χ4v) is 3.46. The Hall–Kier alpha value is -1.67. The highest BCUT2D eigenvalue weighted by atomic mass is 16.6. The molecule has 194 valence electrons. The van der Waals surface area contributed by atoms with Gasteiger partial charge in [0.25, 0.3) is 0 Å². The molecule has 0 fully saturated rings. The van der Waals surface area contributed by atoms with Gasteiger partial charge in [0.2, 0.25) is 0 Å². The first kappa shape index (κ1) is 31.3. The van der Waals surface area contributed by atoms with E-state index in [0.717, 1.165) is 19.3 Å². The maximum atomic E-state index is 12.3. The Balaban J connectivity index is 4.43. The molecule has 33 heavy (non-hydrogen) atoms. The van der Waals surface area contributed by atoms with E-state index >= 15 is 0 Å². The van der Waals surface area contributed by atoms with Crippen LogP contribution < -0.4 is 5.11 Å². The summed E-state index contributed by atoms with van der Waals surface area (Å²) < 4.78 is 16.5. The summed E-state index contributed by atoms with van der Waals surface area (Å²) in [6.07, 6.45) is 9.95. The van der Waals surface area contributed by atoms with E-state index in [-0.39, 0.29) is 42.7 Å². The van der Waals surface area contributed by atoms with Gasteiger partial charge in [0, 0.05) is 19.3 Å². The summed E-state index contributed by atoms with van der Waals surface area (Å²) in [5.74, 6) is -1.81. The van der Waals surface area contributed by atoms with E-state index in [1.165, 1.54) is 32.1 Å². The zero-order valence-electron chi connectivity index (χ0n) is 21.6. The second kappa shape index (κ2) is 18.7. The molecule has 0 aliphatic heterocycles. The lowest BCUT2D eigenvalue weighted by Gasteiger charge is -2.34. The first-order valence-electron chi connectivity index (χ1n) is 12.6. The summed E-state index contributed by atoms with van der Waals surface area (Å²) in [7, 11) is 5.34. The van der Waals surface area contributed by atoms with Gasteiger partial charge in [-0.1, -0.05) is 58.8 Å². The Bertz CT molecular complexity index is 545. The highest BCUT2D eigenvalue weighted by molar-refractivity contribution is 5.70. The summed E-state index contributed by atoms with van der Waals surface area (Å²) in [5, 5.41) is 11.4. The molecular formula is C25H47NO7. The first-order chi connectivity index (χ1) is 15.6. The molecule has 0 spiro atoms. The average molecular weight is 474 g/mol. The molecule has 0 amide bonds. The number of esters is 2. The van der Waals surface area contributed by atoms with Crippen molar-refractivity contribution >= 4 is 17.9 Å². The monoisotopic (exact) mass is 473 g/mol. The third-order valence-electron chi connectivity index (χ3n) is 5.46. The van der Waals surface area contributed by atoms with Crippen molar-refractivity contribution < 1.29 is 38.2 Å². The number of ether oxygens (including phenoxy) is 3. The summed E-state index contributed by atoms with van der Waals surface area (Å²) in [4.78, 5) is 35.3. The molecule has 0 bridgehead atoms. The van der Waals surface area contributed by atoms with Crippen molar-refractivity contribution in [3.63, 3.8) is 0 Å². The predicted molar refractivity (Wildman–Crippen MR) is 125 cm³/mol. The molecule has 0 aromatic carbocycles. The normalized spacial score (nSPS) is 13.4. The van der Waals surface area contributed by atoms with Crippen molar-refractivity contribution in [1.29, 1.82) is 0 Å². The molecule has 0 saturated carbocycles. The van der Waals surface area contributed by atoms with Crippen LogP contribution in [0.3, 0.4) is 0 Å². The lowest BCUT2D eigenvalue weighted by molar-refractivity contribution is -0.889. The van der Waals surface area contributed by atoms with Gasteiger partial charge in [0.05, 0.1) is 40.3 Å². The van der Waals surface area contributed by atoms with E-state index in [1.54, 1.807) is 21.1 Å². The van der Waals surface area contributed by atoms with E-state index in [4.69, 9.17) is 14.2 Å². The fraction of sp³-hybridized carbons (Fsp3) is 0.880. The van der Waals surface area contributed by atoms with Gasteiger partial charge in [0.1, 0.15) is 12.6 Å². The fourth-order valence-electron chi connectivity index (χ4n) is 3.46. The van der Waals surface area contributed by atoms with Crippen LogP contribution in [-0.4, -0.2) is 75.5 Å². The quantitative estimate of drug-likeness (QED) is 0.143. The van der Waals surface area contributed by atoms with Crippen molar-refractivity contribution in [1.82, 2.24) is 0 Å². The van der Waals surface area contributed by atoms with Crippen LogP contribution in [0.4, 0.5) is 0 Å². The summed E-state index contributed by atoms with van der Waals surface area (Å²) in [6, 6.07) is -0.713. The number of rotatable bonds is 21. The number of carbonyl (C=O) groups is 3. The lowest BCUT2D eigenvalue weighted by Crippen LogP contribution is -2.55. The highest BCUT2D eigenvalue weighted by Crippen LogP contribution is 2.11. The Labute approximate surface area is 200 Å². The number of unbranched alkanes of at least 4 members (excludes halogenated alkanes) is 7. The molecule has 0 N–H and O–H groups in total. The van der Waals surface area contributed by atoms with Crippen LogP contribution >= 0.6 is 0 Å². The van der Waals surface area contributed by atoms with Crippen molar-refractivity contribution in [2.24, 2.45) is 0 Å².